The van der Waals surface area contributed by atoms with E-state index in [1.165, 1.54) is 98.8 Å². The predicted octanol–water partition coefficient (Wildman–Crippen LogP) is 10.6. The van der Waals surface area contributed by atoms with Crippen molar-refractivity contribution in [1.82, 2.24) is 9.55 Å². The van der Waals surface area contributed by atoms with Crippen LogP contribution >= 0.6 is 0 Å². The molecule has 0 aliphatic heterocycles. The number of aromatic nitrogens is 2. The summed E-state index contributed by atoms with van der Waals surface area (Å²) in [7, 11) is 0. The second kappa shape index (κ2) is 7.77. The Morgan fingerprint density at radius 2 is 1.36 bits per heavy atom. The lowest BCUT2D eigenvalue weighted by Crippen LogP contribution is -2.24. The molecule has 0 bridgehead atoms. The topological polar surface area (TPSA) is 17.8 Å². The zero-order valence-corrected chi connectivity index (χ0v) is 25.0. The molecule has 2 aromatic heterocycles. The largest absolute Gasteiger partial charge is 0.308 e. The highest BCUT2D eigenvalue weighted by Gasteiger charge is 2.36. The van der Waals surface area contributed by atoms with Crippen LogP contribution in [0.2, 0.25) is 0 Å². The number of fused-ring (bicyclic) bond motifs is 6. The summed E-state index contributed by atoms with van der Waals surface area (Å²) in [6.45, 7) is 13.6. The van der Waals surface area contributed by atoms with Gasteiger partial charge in [-0.3, -0.25) is 4.98 Å². The van der Waals surface area contributed by atoms with Crippen LogP contribution < -0.4 is 0 Å². The van der Waals surface area contributed by atoms with Gasteiger partial charge in [-0.25, -0.2) is 0 Å². The molecule has 0 radical (unpaired) electrons. The Morgan fingerprint density at radius 1 is 0.619 bits per heavy atom. The second-order valence-corrected chi connectivity index (χ2v) is 13.1. The van der Waals surface area contributed by atoms with Gasteiger partial charge in [0, 0.05) is 33.5 Å². The van der Waals surface area contributed by atoms with Crippen LogP contribution in [-0.4, -0.2) is 9.55 Å². The molecule has 1 aliphatic carbocycles. The summed E-state index contributed by atoms with van der Waals surface area (Å²) in [4.78, 5) is 4.77. The molecule has 2 heteroatoms. The van der Waals surface area contributed by atoms with Gasteiger partial charge in [-0.1, -0.05) is 74.0 Å². The van der Waals surface area contributed by atoms with E-state index >= 15 is 0 Å². The molecule has 2 nitrogen and oxygen atoms in total. The quantitative estimate of drug-likeness (QED) is 0.189. The number of aryl methyl sites for hydroxylation is 4. The zero-order chi connectivity index (χ0) is 28.7. The van der Waals surface area contributed by atoms with E-state index in [1.54, 1.807) is 0 Å². The zero-order valence-electron chi connectivity index (χ0n) is 25.0. The first kappa shape index (κ1) is 24.0. The average Bonchev–Trinajstić information content (AvgIpc) is 3.28. The molecule has 8 aromatic rings. The Hall–Kier alpha value is -4.69. The fraction of sp³-hybridized carbons (Fsp3) is 0.175. The van der Waals surface area contributed by atoms with E-state index in [9.17, 15) is 0 Å². The number of benzene rings is 6. The normalized spacial score (nSPS) is 14.1. The minimum atomic E-state index is -0.189. The number of hydrogen-bond donors (Lipinski definition) is 0. The van der Waals surface area contributed by atoms with Gasteiger partial charge in [-0.15, -0.1) is 0 Å². The van der Waals surface area contributed by atoms with Crippen molar-refractivity contribution in [2.24, 2.45) is 0 Å². The van der Waals surface area contributed by atoms with Crippen LogP contribution in [-0.2, 0) is 5.41 Å². The Bertz CT molecular complexity index is 2450. The van der Waals surface area contributed by atoms with Crippen LogP contribution in [0.1, 0.15) is 47.4 Å². The van der Waals surface area contributed by atoms with Crippen LogP contribution in [0, 0.1) is 27.7 Å². The van der Waals surface area contributed by atoms with Gasteiger partial charge in [0.15, 0.2) is 0 Å². The fourth-order valence-corrected chi connectivity index (χ4v) is 8.33. The van der Waals surface area contributed by atoms with Crippen LogP contribution in [0.3, 0.4) is 0 Å². The molecule has 42 heavy (non-hydrogen) atoms. The Labute approximate surface area is 245 Å². The van der Waals surface area contributed by atoms with Crippen molar-refractivity contribution in [3.05, 3.63) is 119 Å². The van der Waals surface area contributed by atoms with Gasteiger partial charge in [0.25, 0.3) is 0 Å². The smallest absolute Gasteiger partial charge is 0.0620 e. The number of para-hydroxylation sites is 1. The van der Waals surface area contributed by atoms with Gasteiger partial charge in [-0.2, -0.15) is 0 Å². The van der Waals surface area contributed by atoms with E-state index in [0.29, 0.717) is 0 Å². The van der Waals surface area contributed by atoms with E-state index < -0.39 is 0 Å². The van der Waals surface area contributed by atoms with Crippen LogP contribution in [0.15, 0.2) is 85.1 Å². The summed E-state index contributed by atoms with van der Waals surface area (Å²) in [5.74, 6) is 0. The first-order valence-electron chi connectivity index (χ1n) is 15.0. The first-order chi connectivity index (χ1) is 20.2. The molecule has 0 saturated carbocycles. The van der Waals surface area contributed by atoms with Crippen molar-refractivity contribution in [1.29, 1.82) is 0 Å². The van der Waals surface area contributed by atoms with Crippen molar-refractivity contribution in [2.75, 3.05) is 0 Å². The van der Waals surface area contributed by atoms with Gasteiger partial charge in [0.05, 0.1) is 16.7 Å². The SMILES string of the molecule is Cc1cc(C)c(-n2c3ccccc3c3cc4ccc5ccc6c7c(cc(c4c57)c32)C(C)(C)c2cnc(C)cc2-6)c(C)c1. The Balaban J connectivity index is 1.58. The van der Waals surface area contributed by atoms with Crippen LogP contribution in [0.5, 0.6) is 0 Å². The fourth-order valence-electron chi connectivity index (χ4n) is 8.33. The van der Waals surface area contributed by atoms with Crippen molar-refractivity contribution in [3.63, 3.8) is 0 Å². The van der Waals surface area contributed by atoms with Crippen LogP contribution in [0.25, 0.3) is 70.9 Å². The second-order valence-electron chi connectivity index (χ2n) is 13.1. The molecule has 0 saturated heterocycles. The maximum Gasteiger partial charge on any atom is 0.0620 e. The molecule has 0 fully saturated rings. The summed E-state index contributed by atoms with van der Waals surface area (Å²) < 4.78 is 2.56. The molecular weight excluding hydrogens is 508 g/mol. The van der Waals surface area contributed by atoms with Gasteiger partial charge >= 0.3 is 0 Å². The highest BCUT2D eigenvalue weighted by atomic mass is 15.0. The van der Waals surface area contributed by atoms with E-state index in [1.807, 2.05) is 0 Å². The van der Waals surface area contributed by atoms with Gasteiger partial charge in [0.2, 0.25) is 0 Å². The highest BCUT2D eigenvalue weighted by Crippen LogP contribution is 2.53. The lowest BCUT2D eigenvalue weighted by Gasteiger charge is -2.36. The summed E-state index contributed by atoms with van der Waals surface area (Å²) in [5, 5.41) is 10.7. The van der Waals surface area contributed by atoms with Crippen molar-refractivity contribution < 1.29 is 0 Å². The van der Waals surface area contributed by atoms with E-state index in [0.717, 1.165) is 5.69 Å². The Kier molecular flexibility index (Phi) is 4.44. The van der Waals surface area contributed by atoms with Crippen molar-refractivity contribution in [3.8, 4) is 16.8 Å². The molecule has 6 aromatic carbocycles. The molecule has 2 heterocycles. The maximum atomic E-state index is 4.77. The summed E-state index contributed by atoms with van der Waals surface area (Å²) in [6.07, 6.45) is 2.12. The van der Waals surface area contributed by atoms with E-state index in [2.05, 4.69) is 131 Å². The molecule has 0 unspecified atom stereocenters. The third kappa shape index (κ3) is 2.82. The van der Waals surface area contributed by atoms with Crippen LogP contribution in [0.4, 0.5) is 0 Å². The number of pyridine rings is 1. The summed E-state index contributed by atoms with van der Waals surface area (Å²) >= 11 is 0. The monoisotopic (exact) mass is 540 g/mol. The number of hydrogen-bond acceptors (Lipinski definition) is 1. The third-order valence-corrected chi connectivity index (χ3v) is 10.1. The molecule has 1 aliphatic rings. The van der Waals surface area contributed by atoms with Gasteiger partial charge < -0.3 is 4.57 Å². The lowest BCUT2D eigenvalue weighted by atomic mass is 9.67. The molecule has 9 rings (SSSR count). The van der Waals surface area contributed by atoms with Crippen molar-refractivity contribution in [2.45, 2.75) is 47.0 Å². The summed E-state index contributed by atoms with van der Waals surface area (Å²) in [6, 6.07) is 30.2. The van der Waals surface area contributed by atoms with Gasteiger partial charge in [-0.05, 0) is 112 Å². The highest BCUT2D eigenvalue weighted by molar-refractivity contribution is 6.34. The molecule has 0 atom stereocenters. The lowest BCUT2D eigenvalue weighted by molar-refractivity contribution is 0.642. The number of nitrogens with zero attached hydrogens (tertiary/aromatic N) is 2. The standard InChI is InChI=1S/C40H32N2/c1-21-15-22(2)38(23(3)16-21)42-34-10-8-7-9-27(34)30-18-26-12-11-25-13-14-28-29-17-24(4)41-20-33(29)40(5,6)32-19-31(39(30)42)35(26)36(25)37(28)32/h7-20H,1-6H3. The number of rotatable bonds is 1. The summed E-state index contributed by atoms with van der Waals surface area (Å²) in [5.41, 5.74) is 14.0. The maximum absolute atomic E-state index is 4.77. The molecule has 0 spiro atoms. The average molecular weight is 541 g/mol. The molecule has 202 valence electrons. The molecular formula is C40H32N2. The van der Waals surface area contributed by atoms with E-state index in [4.69, 9.17) is 4.98 Å². The first-order valence-corrected chi connectivity index (χ1v) is 15.0. The Morgan fingerprint density at radius 3 is 2.17 bits per heavy atom. The molecule has 0 N–H and O–H groups in total. The predicted molar refractivity (Wildman–Crippen MR) is 179 cm³/mol. The minimum absolute atomic E-state index is 0.189. The minimum Gasteiger partial charge on any atom is -0.308 e. The third-order valence-electron chi connectivity index (χ3n) is 10.1. The van der Waals surface area contributed by atoms with E-state index in [-0.39, 0.29) is 5.41 Å². The van der Waals surface area contributed by atoms with Crippen molar-refractivity contribution >= 4 is 54.1 Å². The van der Waals surface area contributed by atoms with Gasteiger partial charge in [0.1, 0.15) is 0 Å². The molecule has 0 amide bonds.